The first-order chi connectivity index (χ1) is 15.0. The smallest absolute Gasteiger partial charge is 0.416 e. The predicted molar refractivity (Wildman–Crippen MR) is 113 cm³/mol. The number of nitrogens with zero attached hydrogens (tertiary/aromatic N) is 1. The number of alkyl halides is 3. The Balaban J connectivity index is 2.06. The van der Waals surface area contributed by atoms with E-state index < -0.39 is 29.0 Å². The lowest BCUT2D eigenvalue weighted by Gasteiger charge is -2.24. The lowest BCUT2D eigenvalue weighted by molar-refractivity contribution is -0.138. The topological polar surface area (TPSA) is 87.1 Å². The first-order valence-electron chi connectivity index (χ1n) is 9.22. The fraction of sp³-hybridized carbons (Fsp3) is 0.136. The van der Waals surface area contributed by atoms with E-state index in [9.17, 15) is 26.7 Å². The Morgan fingerprint density at radius 2 is 1.66 bits per heavy atom. The molecule has 3 aromatic rings. The summed E-state index contributed by atoms with van der Waals surface area (Å²) >= 11 is -2.70. The molecule has 0 spiro atoms. The molecule has 1 atom stereocenters. The Hall–Kier alpha value is -3.37. The van der Waals surface area contributed by atoms with Gasteiger partial charge in [-0.15, -0.1) is 0 Å². The number of carboxylic acids is 1. The molecule has 3 aromatic carbocycles. The number of benzene rings is 3. The molecule has 0 radical (unpaired) electrons. The summed E-state index contributed by atoms with van der Waals surface area (Å²) < 4.78 is 68.6. The van der Waals surface area contributed by atoms with E-state index >= 15 is 0 Å². The fourth-order valence-corrected chi connectivity index (χ4v) is 3.52. The molecule has 32 heavy (non-hydrogen) atoms. The summed E-state index contributed by atoms with van der Waals surface area (Å²) in [5.41, 5.74) is 0.283. The van der Waals surface area contributed by atoms with Crippen molar-refractivity contribution < 1.29 is 36.6 Å². The maximum atomic E-state index is 13.3. The molecule has 0 saturated heterocycles. The lowest BCUT2D eigenvalue weighted by Crippen LogP contribution is -2.20. The van der Waals surface area contributed by atoms with Gasteiger partial charge in [-0.05, 0) is 55.0 Å². The maximum absolute atomic E-state index is 13.3. The second-order valence-electron chi connectivity index (χ2n) is 6.86. The van der Waals surface area contributed by atoms with Crippen LogP contribution in [0.5, 0.6) is 11.5 Å². The van der Waals surface area contributed by atoms with E-state index in [0.29, 0.717) is 5.56 Å². The van der Waals surface area contributed by atoms with Crippen LogP contribution in [0.15, 0.2) is 66.7 Å². The minimum Gasteiger partial charge on any atom is -0.481 e. The van der Waals surface area contributed by atoms with Crippen molar-refractivity contribution in [3.8, 4) is 11.5 Å². The Bertz CT molecular complexity index is 1130. The second kappa shape index (κ2) is 9.41. The number of aliphatic carboxylic acids is 1. The van der Waals surface area contributed by atoms with E-state index in [1.54, 1.807) is 19.1 Å². The van der Waals surface area contributed by atoms with Crippen molar-refractivity contribution in [1.82, 2.24) is 0 Å². The predicted octanol–water partition coefficient (Wildman–Crippen LogP) is 5.71. The summed E-state index contributed by atoms with van der Waals surface area (Å²) in [6.45, 7) is 1.80. The molecule has 0 amide bonds. The molecule has 168 valence electrons. The zero-order valence-electron chi connectivity index (χ0n) is 16.7. The van der Waals surface area contributed by atoms with Gasteiger partial charge in [-0.1, -0.05) is 29.8 Å². The third kappa shape index (κ3) is 5.65. The zero-order chi connectivity index (χ0) is 23.5. The van der Waals surface area contributed by atoms with Gasteiger partial charge in [0.15, 0.2) is 5.75 Å². The van der Waals surface area contributed by atoms with Gasteiger partial charge < -0.3 is 9.84 Å². The van der Waals surface area contributed by atoms with Crippen LogP contribution in [0.2, 0.25) is 0 Å². The van der Waals surface area contributed by atoms with Crippen LogP contribution in [0.4, 0.5) is 24.5 Å². The summed E-state index contributed by atoms with van der Waals surface area (Å²) in [5.74, 6) is -0.887. The Labute approximate surface area is 184 Å². The minimum atomic E-state index is -4.68. The van der Waals surface area contributed by atoms with Gasteiger partial charge in [-0.2, -0.15) is 13.2 Å². The molecule has 0 aliphatic rings. The summed E-state index contributed by atoms with van der Waals surface area (Å²) in [6.07, 6.45) is -4.88. The van der Waals surface area contributed by atoms with Crippen molar-refractivity contribution in [1.29, 1.82) is 0 Å². The quantitative estimate of drug-likeness (QED) is 0.437. The first kappa shape index (κ1) is 23.3. The van der Waals surface area contributed by atoms with Gasteiger partial charge in [0.1, 0.15) is 11.4 Å². The molecule has 0 aromatic heterocycles. The number of carboxylic acid groups (broad SMARTS) is 1. The number of rotatable bonds is 7. The molecule has 0 heterocycles. The second-order valence-corrected chi connectivity index (χ2v) is 7.68. The van der Waals surface area contributed by atoms with E-state index in [1.807, 2.05) is 0 Å². The monoisotopic (exact) mass is 465 g/mol. The van der Waals surface area contributed by atoms with Gasteiger partial charge >= 0.3 is 12.1 Å². The highest BCUT2D eigenvalue weighted by Gasteiger charge is 2.33. The Kier molecular flexibility index (Phi) is 6.85. The average molecular weight is 465 g/mol. The SMILES string of the molecule is Cc1ccc(N(c2cc(C(F)(F)F)ccc2Oc2ccc(CC(=O)O)cc2)S(=O)O)cc1. The summed E-state index contributed by atoms with van der Waals surface area (Å²) in [5, 5.41) is 8.86. The van der Waals surface area contributed by atoms with Crippen molar-refractivity contribution in [2.24, 2.45) is 0 Å². The van der Waals surface area contributed by atoms with Crippen LogP contribution in [-0.4, -0.2) is 19.8 Å². The van der Waals surface area contributed by atoms with E-state index in [4.69, 9.17) is 9.84 Å². The van der Waals surface area contributed by atoms with Gasteiger partial charge in [0, 0.05) is 0 Å². The average Bonchev–Trinajstić information content (AvgIpc) is 2.71. The Morgan fingerprint density at radius 3 is 2.19 bits per heavy atom. The molecular weight excluding hydrogens is 447 g/mol. The van der Waals surface area contributed by atoms with Gasteiger partial charge in [0.05, 0.1) is 17.7 Å². The summed E-state index contributed by atoms with van der Waals surface area (Å²) in [6, 6.07) is 14.9. The molecule has 10 heteroatoms. The summed E-state index contributed by atoms with van der Waals surface area (Å²) in [7, 11) is 0. The first-order valence-corrected chi connectivity index (χ1v) is 10.3. The van der Waals surface area contributed by atoms with E-state index in [-0.39, 0.29) is 29.3 Å². The number of ether oxygens (including phenoxy) is 1. The van der Waals surface area contributed by atoms with Crippen LogP contribution in [0.3, 0.4) is 0 Å². The van der Waals surface area contributed by atoms with Crippen LogP contribution in [0.1, 0.15) is 16.7 Å². The molecule has 0 aliphatic heterocycles. The van der Waals surface area contributed by atoms with E-state index in [0.717, 1.165) is 28.1 Å². The molecule has 0 bridgehead atoms. The maximum Gasteiger partial charge on any atom is 0.416 e. The fourth-order valence-electron chi connectivity index (χ4n) is 2.91. The number of anilines is 2. The standard InChI is InChI=1S/C22H18F3NO5S/c1-14-2-7-17(8-3-14)26(32(29)30)19-13-16(22(23,24)25)6-11-20(19)31-18-9-4-15(5-10-18)12-21(27)28/h2-11,13H,12H2,1H3,(H,27,28)(H,29,30). The van der Waals surface area contributed by atoms with Gasteiger partial charge in [0.2, 0.25) is 0 Å². The normalized spacial score (nSPS) is 12.3. The number of halogens is 3. The Morgan fingerprint density at radius 1 is 1.03 bits per heavy atom. The van der Waals surface area contributed by atoms with Crippen molar-refractivity contribution in [3.05, 3.63) is 83.4 Å². The highest BCUT2D eigenvalue weighted by molar-refractivity contribution is 7.81. The van der Waals surface area contributed by atoms with Gasteiger partial charge in [-0.25, -0.2) is 8.51 Å². The molecule has 0 fully saturated rings. The minimum absolute atomic E-state index is 0.0908. The largest absolute Gasteiger partial charge is 0.481 e. The van der Waals surface area contributed by atoms with Gasteiger partial charge in [0.25, 0.3) is 11.3 Å². The molecule has 1 unspecified atom stereocenters. The molecule has 6 nitrogen and oxygen atoms in total. The van der Waals surface area contributed by atoms with Crippen molar-refractivity contribution >= 4 is 28.6 Å². The molecular formula is C22H18F3NO5S. The molecule has 0 saturated carbocycles. The van der Waals surface area contributed by atoms with Crippen molar-refractivity contribution in [3.63, 3.8) is 0 Å². The molecule has 2 N–H and O–H groups in total. The van der Waals surface area contributed by atoms with Crippen LogP contribution in [0.25, 0.3) is 0 Å². The number of hydrogen-bond donors (Lipinski definition) is 2. The van der Waals surface area contributed by atoms with Gasteiger partial charge in [-0.3, -0.25) is 9.35 Å². The third-order valence-electron chi connectivity index (χ3n) is 4.44. The van der Waals surface area contributed by atoms with Crippen molar-refractivity contribution in [2.75, 3.05) is 4.31 Å². The third-order valence-corrected chi connectivity index (χ3v) is 5.16. The van der Waals surface area contributed by atoms with E-state index in [2.05, 4.69) is 0 Å². The molecule has 0 aliphatic carbocycles. The number of aryl methyl sites for hydroxylation is 1. The van der Waals surface area contributed by atoms with Crippen molar-refractivity contribution in [2.45, 2.75) is 19.5 Å². The van der Waals surface area contributed by atoms with Crippen LogP contribution < -0.4 is 9.04 Å². The zero-order valence-corrected chi connectivity index (χ0v) is 17.5. The molecule has 3 rings (SSSR count). The lowest BCUT2D eigenvalue weighted by atomic mass is 10.1. The number of hydrogen-bond acceptors (Lipinski definition) is 3. The van der Waals surface area contributed by atoms with Crippen LogP contribution in [0, 0.1) is 6.92 Å². The van der Waals surface area contributed by atoms with Crippen LogP contribution >= 0.6 is 0 Å². The summed E-state index contributed by atoms with van der Waals surface area (Å²) in [4.78, 5) is 10.8. The van der Waals surface area contributed by atoms with E-state index in [1.165, 1.54) is 36.4 Å². The number of carbonyl (C=O) groups is 1. The highest BCUT2D eigenvalue weighted by atomic mass is 32.2. The highest BCUT2D eigenvalue weighted by Crippen LogP contribution is 2.41. The van der Waals surface area contributed by atoms with Crippen LogP contribution in [-0.2, 0) is 28.7 Å².